The first kappa shape index (κ1) is 15.8. The molecule has 1 aromatic rings. The fourth-order valence-corrected chi connectivity index (χ4v) is 2.33. The van der Waals surface area contributed by atoms with Crippen LogP contribution in [0.15, 0.2) is 4.42 Å². The molecule has 0 spiro atoms. The molecular weight excluding hydrogens is 247 g/mol. The largest absolute Gasteiger partial charge is 0.444 e. The Labute approximate surface area is 109 Å². The molecule has 0 amide bonds. The third-order valence-corrected chi connectivity index (χ3v) is 3.01. The van der Waals surface area contributed by atoms with E-state index in [-0.39, 0.29) is 24.8 Å². The van der Waals surface area contributed by atoms with Crippen molar-refractivity contribution in [1.82, 2.24) is 4.98 Å². The van der Waals surface area contributed by atoms with Gasteiger partial charge in [0.2, 0.25) is 0 Å². The van der Waals surface area contributed by atoms with Gasteiger partial charge in [0.05, 0.1) is 12.2 Å². The zero-order chi connectivity index (χ0) is 9.97. The van der Waals surface area contributed by atoms with Crippen LogP contribution in [0.5, 0.6) is 0 Å². The Balaban J connectivity index is 0.00000112. The molecule has 5 heteroatoms. The summed E-state index contributed by atoms with van der Waals surface area (Å²) >= 11 is 0. The highest BCUT2D eigenvalue weighted by molar-refractivity contribution is 5.85. The summed E-state index contributed by atoms with van der Waals surface area (Å²) in [5.74, 6) is 2.25. The first-order chi connectivity index (χ1) is 6.81. The summed E-state index contributed by atoms with van der Waals surface area (Å²) in [7, 11) is 0. The average molecular weight is 267 g/mol. The number of aryl methyl sites for hydroxylation is 1. The van der Waals surface area contributed by atoms with Gasteiger partial charge in [0.25, 0.3) is 0 Å². The van der Waals surface area contributed by atoms with Gasteiger partial charge in [0.15, 0.2) is 5.89 Å². The molecule has 2 N–H and O–H groups in total. The van der Waals surface area contributed by atoms with Crippen molar-refractivity contribution >= 4 is 24.8 Å². The van der Waals surface area contributed by atoms with Gasteiger partial charge in [-0.1, -0.05) is 19.3 Å². The van der Waals surface area contributed by atoms with E-state index in [0.29, 0.717) is 12.5 Å². The standard InChI is InChI=1S/C11H18N2O.2ClH/c1-8-13-11(10(7-12)14-8)9-5-3-2-4-6-9;;/h9H,2-7,12H2,1H3;2*1H. The Kier molecular flexibility index (Phi) is 7.04. The van der Waals surface area contributed by atoms with E-state index in [1.807, 2.05) is 6.92 Å². The lowest BCUT2D eigenvalue weighted by Gasteiger charge is -2.19. The third kappa shape index (κ3) is 3.37. The zero-order valence-corrected chi connectivity index (χ0v) is 11.2. The molecule has 1 fully saturated rings. The maximum atomic E-state index is 5.64. The van der Waals surface area contributed by atoms with E-state index in [4.69, 9.17) is 10.2 Å². The Bertz CT molecular complexity index is 309. The number of halogens is 2. The summed E-state index contributed by atoms with van der Waals surface area (Å²) in [6.07, 6.45) is 6.50. The maximum absolute atomic E-state index is 5.64. The van der Waals surface area contributed by atoms with Crippen LogP contribution in [0, 0.1) is 6.92 Å². The van der Waals surface area contributed by atoms with Crippen LogP contribution in [-0.2, 0) is 6.54 Å². The van der Waals surface area contributed by atoms with Crippen LogP contribution in [0.4, 0.5) is 0 Å². The van der Waals surface area contributed by atoms with Crippen LogP contribution in [0.25, 0.3) is 0 Å². The Morgan fingerprint density at radius 1 is 1.25 bits per heavy atom. The summed E-state index contributed by atoms with van der Waals surface area (Å²) in [6, 6.07) is 0. The summed E-state index contributed by atoms with van der Waals surface area (Å²) in [6.45, 7) is 2.37. The molecule has 0 atom stereocenters. The number of nitrogens with two attached hydrogens (primary N) is 1. The van der Waals surface area contributed by atoms with Crippen molar-refractivity contribution in [1.29, 1.82) is 0 Å². The van der Waals surface area contributed by atoms with Crippen LogP contribution in [-0.4, -0.2) is 4.98 Å². The highest BCUT2D eigenvalue weighted by Gasteiger charge is 2.22. The minimum Gasteiger partial charge on any atom is -0.444 e. The monoisotopic (exact) mass is 266 g/mol. The minimum absolute atomic E-state index is 0. The Morgan fingerprint density at radius 2 is 1.88 bits per heavy atom. The molecule has 3 nitrogen and oxygen atoms in total. The van der Waals surface area contributed by atoms with Crippen LogP contribution in [0.1, 0.15) is 55.4 Å². The highest BCUT2D eigenvalue weighted by Crippen LogP contribution is 2.33. The van der Waals surface area contributed by atoms with Crippen molar-refractivity contribution in [2.75, 3.05) is 0 Å². The molecule has 1 aliphatic rings. The van der Waals surface area contributed by atoms with E-state index in [9.17, 15) is 0 Å². The molecule has 1 aliphatic carbocycles. The molecule has 0 aromatic carbocycles. The van der Waals surface area contributed by atoms with Gasteiger partial charge in [-0.15, -0.1) is 24.8 Å². The summed E-state index contributed by atoms with van der Waals surface area (Å²) in [5, 5.41) is 0. The van der Waals surface area contributed by atoms with Crippen molar-refractivity contribution in [3.63, 3.8) is 0 Å². The van der Waals surface area contributed by atoms with E-state index in [0.717, 1.165) is 17.3 Å². The average Bonchev–Trinajstić information content (AvgIpc) is 2.61. The fourth-order valence-electron chi connectivity index (χ4n) is 2.33. The second-order valence-corrected chi connectivity index (χ2v) is 4.08. The van der Waals surface area contributed by atoms with E-state index in [2.05, 4.69) is 4.98 Å². The van der Waals surface area contributed by atoms with E-state index >= 15 is 0 Å². The van der Waals surface area contributed by atoms with Gasteiger partial charge in [0, 0.05) is 12.8 Å². The first-order valence-corrected chi connectivity index (χ1v) is 5.47. The molecule has 0 bridgehead atoms. The fraction of sp³-hybridized carbons (Fsp3) is 0.727. The second kappa shape index (κ2) is 7.15. The molecule has 0 radical (unpaired) electrons. The SMILES string of the molecule is Cc1nc(C2CCCCC2)c(CN)o1.Cl.Cl. The van der Waals surface area contributed by atoms with Gasteiger partial charge >= 0.3 is 0 Å². The van der Waals surface area contributed by atoms with Gasteiger partial charge in [-0.3, -0.25) is 0 Å². The molecule has 0 saturated heterocycles. The number of aromatic nitrogens is 1. The van der Waals surface area contributed by atoms with Crippen molar-refractivity contribution in [2.24, 2.45) is 5.73 Å². The Hall–Kier alpha value is -0.250. The lowest BCUT2D eigenvalue weighted by Crippen LogP contribution is -2.09. The van der Waals surface area contributed by atoms with Crippen molar-refractivity contribution in [3.05, 3.63) is 17.3 Å². The number of nitrogens with zero attached hydrogens (tertiary/aromatic N) is 1. The van der Waals surface area contributed by atoms with Gasteiger partial charge in [-0.05, 0) is 12.8 Å². The highest BCUT2D eigenvalue weighted by atomic mass is 35.5. The minimum atomic E-state index is 0. The number of hydrogen-bond acceptors (Lipinski definition) is 3. The topological polar surface area (TPSA) is 52.0 Å². The van der Waals surface area contributed by atoms with Gasteiger partial charge in [-0.25, -0.2) is 4.98 Å². The van der Waals surface area contributed by atoms with Crippen molar-refractivity contribution in [2.45, 2.75) is 51.5 Å². The zero-order valence-electron chi connectivity index (χ0n) is 9.57. The lowest BCUT2D eigenvalue weighted by molar-refractivity contribution is 0.425. The third-order valence-electron chi connectivity index (χ3n) is 3.01. The first-order valence-electron chi connectivity index (χ1n) is 5.47. The lowest BCUT2D eigenvalue weighted by atomic mass is 9.86. The van der Waals surface area contributed by atoms with E-state index < -0.39 is 0 Å². The molecule has 94 valence electrons. The maximum Gasteiger partial charge on any atom is 0.191 e. The van der Waals surface area contributed by atoms with Crippen molar-refractivity contribution < 1.29 is 4.42 Å². The summed E-state index contributed by atoms with van der Waals surface area (Å²) in [5.41, 5.74) is 6.77. The van der Waals surface area contributed by atoms with Crippen LogP contribution in [0.3, 0.4) is 0 Å². The number of rotatable bonds is 2. The summed E-state index contributed by atoms with van der Waals surface area (Å²) < 4.78 is 5.48. The molecule has 0 unspecified atom stereocenters. The van der Waals surface area contributed by atoms with E-state index in [1.54, 1.807) is 0 Å². The molecule has 1 saturated carbocycles. The predicted molar refractivity (Wildman–Crippen MR) is 69.5 cm³/mol. The van der Waals surface area contributed by atoms with Crippen LogP contribution < -0.4 is 5.73 Å². The Morgan fingerprint density at radius 3 is 2.44 bits per heavy atom. The normalized spacial score (nSPS) is 16.4. The van der Waals surface area contributed by atoms with Gasteiger partial charge in [0.1, 0.15) is 5.76 Å². The van der Waals surface area contributed by atoms with Gasteiger partial charge in [-0.2, -0.15) is 0 Å². The predicted octanol–water partition coefficient (Wildman–Crippen LogP) is 3.33. The second-order valence-electron chi connectivity index (χ2n) is 4.08. The molecular formula is C11H20Cl2N2O. The van der Waals surface area contributed by atoms with Crippen molar-refractivity contribution in [3.8, 4) is 0 Å². The summed E-state index contributed by atoms with van der Waals surface area (Å²) in [4.78, 5) is 4.46. The van der Waals surface area contributed by atoms with Gasteiger partial charge < -0.3 is 10.2 Å². The number of oxazole rings is 1. The molecule has 2 rings (SSSR count). The smallest absolute Gasteiger partial charge is 0.191 e. The molecule has 1 aromatic heterocycles. The molecule has 1 heterocycles. The number of hydrogen-bond donors (Lipinski definition) is 1. The molecule has 0 aliphatic heterocycles. The van der Waals surface area contributed by atoms with Crippen LogP contribution in [0.2, 0.25) is 0 Å². The van der Waals surface area contributed by atoms with Crippen LogP contribution >= 0.6 is 24.8 Å². The van der Waals surface area contributed by atoms with E-state index in [1.165, 1.54) is 32.1 Å². The quantitative estimate of drug-likeness (QED) is 0.894. The molecule has 16 heavy (non-hydrogen) atoms.